The number of benzene rings is 2. The van der Waals surface area contributed by atoms with Crippen molar-refractivity contribution in [1.82, 2.24) is 9.55 Å². The number of rotatable bonds is 4. The SMILES string of the molecule is N=C(N)c1ccccc1Cn1ccnc1-c1ccc(F)cc1F. The lowest BCUT2D eigenvalue weighted by atomic mass is 10.1. The van der Waals surface area contributed by atoms with Gasteiger partial charge in [0.15, 0.2) is 0 Å². The number of hydrogen-bond acceptors (Lipinski definition) is 2. The summed E-state index contributed by atoms with van der Waals surface area (Å²) in [6.07, 6.45) is 3.25. The number of hydrogen-bond donors (Lipinski definition) is 2. The Labute approximate surface area is 131 Å². The van der Waals surface area contributed by atoms with Crippen molar-refractivity contribution in [2.24, 2.45) is 5.73 Å². The number of nitrogen functional groups attached to an aromatic ring is 1. The zero-order valence-corrected chi connectivity index (χ0v) is 12.1. The van der Waals surface area contributed by atoms with Gasteiger partial charge in [-0.2, -0.15) is 0 Å². The summed E-state index contributed by atoms with van der Waals surface area (Å²) in [6, 6.07) is 10.6. The molecule has 0 fully saturated rings. The Kier molecular flexibility index (Phi) is 3.89. The molecule has 3 rings (SSSR count). The maximum Gasteiger partial charge on any atom is 0.143 e. The zero-order valence-electron chi connectivity index (χ0n) is 12.1. The molecule has 1 aromatic heterocycles. The standard InChI is InChI=1S/C17H14F2N4/c18-12-5-6-14(15(19)9-12)17-22-7-8-23(17)10-11-3-1-2-4-13(11)16(20)21/h1-9H,10H2,(H3,20,21). The average molecular weight is 312 g/mol. The number of nitrogens with one attached hydrogen (secondary N) is 1. The second-order valence-corrected chi connectivity index (χ2v) is 5.07. The molecule has 0 aliphatic rings. The van der Waals surface area contributed by atoms with Crippen LogP contribution in [0.1, 0.15) is 11.1 Å². The quantitative estimate of drug-likeness (QED) is 0.574. The molecule has 0 saturated heterocycles. The molecule has 1 heterocycles. The summed E-state index contributed by atoms with van der Waals surface area (Å²) in [6.45, 7) is 0.377. The molecule has 0 aliphatic carbocycles. The van der Waals surface area contributed by atoms with E-state index >= 15 is 0 Å². The van der Waals surface area contributed by atoms with Crippen molar-refractivity contribution >= 4 is 5.84 Å². The molecule has 0 radical (unpaired) electrons. The Balaban J connectivity index is 2.01. The van der Waals surface area contributed by atoms with Crippen molar-refractivity contribution in [2.45, 2.75) is 6.54 Å². The topological polar surface area (TPSA) is 67.7 Å². The van der Waals surface area contributed by atoms with E-state index in [2.05, 4.69) is 4.98 Å². The van der Waals surface area contributed by atoms with Crippen molar-refractivity contribution in [1.29, 1.82) is 5.41 Å². The van der Waals surface area contributed by atoms with Gasteiger partial charge in [-0.15, -0.1) is 0 Å². The summed E-state index contributed by atoms with van der Waals surface area (Å²) in [5, 5.41) is 7.63. The van der Waals surface area contributed by atoms with Crippen LogP contribution in [0.15, 0.2) is 54.9 Å². The van der Waals surface area contributed by atoms with E-state index in [9.17, 15) is 8.78 Å². The Morgan fingerprint density at radius 3 is 2.70 bits per heavy atom. The predicted molar refractivity (Wildman–Crippen MR) is 84.1 cm³/mol. The van der Waals surface area contributed by atoms with Gasteiger partial charge in [-0.25, -0.2) is 13.8 Å². The van der Waals surface area contributed by atoms with Crippen LogP contribution in [0.5, 0.6) is 0 Å². The number of nitrogens with zero attached hydrogens (tertiary/aromatic N) is 2. The van der Waals surface area contributed by atoms with Gasteiger partial charge >= 0.3 is 0 Å². The van der Waals surface area contributed by atoms with Crippen LogP contribution in [0.25, 0.3) is 11.4 Å². The normalized spacial score (nSPS) is 10.7. The molecule has 0 saturated carbocycles. The fourth-order valence-corrected chi connectivity index (χ4v) is 2.46. The van der Waals surface area contributed by atoms with Gasteiger partial charge in [-0.1, -0.05) is 24.3 Å². The Bertz CT molecular complexity index is 871. The van der Waals surface area contributed by atoms with Crippen molar-refractivity contribution in [3.63, 3.8) is 0 Å². The van der Waals surface area contributed by atoms with E-state index in [1.54, 1.807) is 29.1 Å². The van der Waals surface area contributed by atoms with E-state index in [1.807, 2.05) is 12.1 Å². The van der Waals surface area contributed by atoms with Gasteiger partial charge in [0, 0.05) is 30.6 Å². The second-order valence-electron chi connectivity index (χ2n) is 5.07. The van der Waals surface area contributed by atoms with Crippen LogP contribution in [-0.2, 0) is 6.54 Å². The van der Waals surface area contributed by atoms with Gasteiger partial charge in [-0.3, -0.25) is 5.41 Å². The minimum atomic E-state index is -0.669. The van der Waals surface area contributed by atoms with Crippen molar-refractivity contribution < 1.29 is 8.78 Å². The van der Waals surface area contributed by atoms with Gasteiger partial charge < -0.3 is 10.3 Å². The fourth-order valence-electron chi connectivity index (χ4n) is 2.46. The molecule has 2 aromatic carbocycles. The van der Waals surface area contributed by atoms with E-state index in [0.717, 1.165) is 11.6 Å². The lowest BCUT2D eigenvalue weighted by Gasteiger charge is -2.12. The van der Waals surface area contributed by atoms with Crippen LogP contribution in [0.2, 0.25) is 0 Å². The first kappa shape index (κ1) is 14.9. The first-order chi connectivity index (χ1) is 11.1. The summed E-state index contributed by atoms with van der Waals surface area (Å²) in [7, 11) is 0. The molecule has 3 aromatic rings. The van der Waals surface area contributed by atoms with Crippen molar-refractivity contribution in [3.05, 3.63) is 77.6 Å². The fraction of sp³-hybridized carbons (Fsp3) is 0.0588. The zero-order chi connectivity index (χ0) is 16.4. The van der Waals surface area contributed by atoms with Crippen LogP contribution >= 0.6 is 0 Å². The predicted octanol–water partition coefficient (Wildman–Crippen LogP) is 3.16. The van der Waals surface area contributed by atoms with E-state index < -0.39 is 11.6 Å². The molecule has 0 atom stereocenters. The van der Waals surface area contributed by atoms with Crippen LogP contribution in [0, 0.1) is 17.0 Å². The highest BCUT2D eigenvalue weighted by atomic mass is 19.1. The number of aromatic nitrogens is 2. The smallest absolute Gasteiger partial charge is 0.143 e. The van der Waals surface area contributed by atoms with Crippen LogP contribution in [0.3, 0.4) is 0 Å². The van der Waals surface area contributed by atoms with E-state index in [1.165, 1.54) is 12.1 Å². The van der Waals surface area contributed by atoms with Crippen molar-refractivity contribution in [2.75, 3.05) is 0 Å². The summed E-state index contributed by atoms with van der Waals surface area (Å²) in [4.78, 5) is 4.16. The lowest BCUT2D eigenvalue weighted by Crippen LogP contribution is -2.15. The maximum absolute atomic E-state index is 14.0. The maximum atomic E-state index is 14.0. The minimum Gasteiger partial charge on any atom is -0.384 e. The van der Waals surface area contributed by atoms with Crippen LogP contribution < -0.4 is 5.73 Å². The van der Waals surface area contributed by atoms with Crippen LogP contribution in [-0.4, -0.2) is 15.4 Å². The first-order valence-corrected chi connectivity index (χ1v) is 6.95. The molecular weight excluding hydrogens is 298 g/mol. The molecule has 3 N–H and O–H groups in total. The molecule has 0 spiro atoms. The highest BCUT2D eigenvalue weighted by molar-refractivity contribution is 5.96. The monoisotopic (exact) mass is 312 g/mol. The molecule has 4 nitrogen and oxygen atoms in total. The number of halogens is 2. The molecule has 0 amide bonds. The van der Waals surface area contributed by atoms with Gasteiger partial charge in [0.05, 0.1) is 5.56 Å². The minimum absolute atomic E-state index is 0.0322. The van der Waals surface area contributed by atoms with Crippen molar-refractivity contribution in [3.8, 4) is 11.4 Å². The molecule has 0 aliphatic heterocycles. The number of amidine groups is 1. The first-order valence-electron chi connectivity index (χ1n) is 6.95. The molecule has 6 heteroatoms. The third kappa shape index (κ3) is 2.96. The Morgan fingerprint density at radius 2 is 1.96 bits per heavy atom. The highest BCUT2D eigenvalue weighted by Crippen LogP contribution is 2.23. The van der Waals surface area contributed by atoms with E-state index in [-0.39, 0.29) is 11.4 Å². The largest absolute Gasteiger partial charge is 0.384 e. The number of nitrogens with two attached hydrogens (primary N) is 1. The molecule has 0 unspecified atom stereocenters. The van der Waals surface area contributed by atoms with Gasteiger partial charge in [0.1, 0.15) is 23.3 Å². The Hall–Kier alpha value is -3.02. The Morgan fingerprint density at radius 1 is 1.17 bits per heavy atom. The third-order valence-corrected chi connectivity index (χ3v) is 3.54. The average Bonchev–Trinajstić information content (AvgIpc) is 2.95. The molecule has 116 valence electrons. The summed E-state index contributed by atoms with van der Waals surface area (Å²) < 4.78 is 28.8. The van der Waals surface area contributed by atoms with E-state index in [0.29, 0.717) is 17.9 Å². The molecular formula is C17H14F2N4. The molecule has 23 heavy (non-hydrogen) atoms. The number of imidazole rings is 1. The third-order valence-electron chi connectivity index (χ3n) is 3.54. The summed E-state index contributed by atoms with van der Waals surface area (Å²) in [5.41, 5.74) is 7.25. The van der Waals surface area contributed by atoms with E-state index in [4.69, 9.17) is 11.1 Å². The summed E-state index contributed by atoms with van der Waals surface area (Å²) in [5.74, 6) is -0.945. The second kappa shape index (κ2) is 6.00. The lowest BCUT2D eigenvalue weighted by molar-refractivity contribution is 0.584. The molecule has 0 bridgehead atoms. The van der Waals surface area contributed by atoms with Gasteiger partial charge in [0.25, 0.3) is 0 Å². The highest BCUT2D eigenvalue weighted by Gasteiger charge is 2.13. The van der Waals surface area contributed by atoms with Gasteiger partial charge in [-0.05, 0) is 17.7 Å². The van der Waals surface area contributed by atoms with Gasteiger partial charge in [0.2, 0.25) is 0 Å². The van der Waals surface area contributed by atoms with Crippen LogP contribution in [0.4, 0.5) is 8.78 Å². The summed E-state index contributed by atoms with van der Waals surface area (Å²) >= 11 is 0.